The highest BCUT2D eigenvalue weighted by Gasteiger charge is 2.08. The lowest BCUT2D eigenvalue weighted by Crippen LogP contribution is -2.12. The molecule has 28 heavy (non-hydrogen) atoms. The molecule has 0 bridgehead atoms. The van der Waals surface area contributed by atoms with Gasteiger partial charge in [0.05, 0.1) is 14.2 Å². The third-order valence-corrected chi connectivity index (χ3v) is 4.39. The van der Waals surface area contributed by atoms with E-state index in [0.717, 1.165) is 17.9 Å². The van der Waals surface area contributed by atoms with Crippen molar-refractivity contribution in [1.82, 2.24) is 5.32 Å². The molecule has 0 heterocycles. The van der Waals surface area contributed by atoms with Gasteiger partial charge in [0.1, 0.15) is 18.2 Å². The van der Waals surface area contributed by atoms with E-state index in [9.17, 15) is 4.39 Å². The highest BCUT2D eigenvalue weighted by atomic mass is 19.1. The lowest BCUT2D eigenvalue weighted by atomic mass is 10.1. The first kappa shape index (κ1) is 19.7. The van der Waals surface area contributed by atoms with Gasteiger partial charge in [-0.3, -0.25) is 0 Å². The van der Waals surface area contributed by atoms with E-state index < -0.39 is 0 Å². The lowest BCUT2D eigenvalue weighted by molar-refractivity contribution is 0.279. The molecule has 4 nitrogen and oxygen atoms in total. The van der Waals surface area contributed by atoms with Crippen LogP contribution in [0.5, 0.6) is 17.2 Å². The van der Waals surface area contributed by atoms with Gasteiger partial charge in [-0.15, -0.1) is 0 Å². The largest absolute Gasteiger partial charge is 0.497 e. The molecule has 1 N–H and O–H groups in total. The highest BCUT2D eigenvalue weighted by molar-refractivity contribution is 5.43. The quantitative estimate of drug-likeness (QED) is 0.583. The Bertz CT molecular complexity index is 897. The van der Waals surface area contributed by atoms with Crippen molar-refractivity contribution in [2.24, 2.45) is 0 Å². The minimum Gasteiger partial charge on any atom is -0.497 e. The Kier molecular flexibility index (Phi) is 6.87. The normalized spacial score (nSPS) is 10.5. The zero-order valence-electron chi connectivity index (χ0n) is 16.1. The van der Waals surface area contributed by atoms with Crippen molar-refractivity contribution in [3.05, 3.63) is 89.2 Å². The van der Waals surface area contributed by atoms with E-state index in [0.29, 0.717) is 23.6 Å². The molecule has 0 aliphatic carbocycles. The summed E-state index contributed by atoms with van der Waals surface area (Å²) < 4.78 is 30.1. The van der Waals surface area contributed by atoms with Crippen LogP contribution in [0.1, 0.15) is 16.7 Å². The molecule has 0 saturated carbocycles. The molecular formula is C23H24FNO3. The van der Waals surface area contributed by atoms with Crippen molar-refractivity contribution < 1.29 is 18.6 Å². The average Bonchev–Trinajstić information content (AvgIpc) is 2.74. The molecule has 3 rings (SSSR count). The molecule has 0 amide bonds. The van der Waals surface area contributed by atoms with Crippen molar-refractivity contribution in [3.63, 3.8) is 0 Å². The second kappa shape index (κ2) is 9.76. The molecule has 0 unspecified atom stereocenters. The Morgan fingerprint density at radius 1 is 0.786 bits per heavy atom. The summed E-state index contributed by atoms with van der Waals surface area (Å²) in [5, 5.41) is 3.40. The predicted molar refractivity (Wildman–Crippen MR) is 107 cm³/mol. The van der Waals surface area contributed by atoms with Crippen LogP contribution in [0.25, 0.3) is 0 Å². The number of halogens is 1. The molecule has 0 aliphatic rings. The lowest BCUT2D eigenvalue weighted by Gasteiger charge is -2.13. The number of methoxy groups -OCH3 is 2. The molecule has 0 spiro atoms. The number of rotatable bonds is 9. The monoisotopic (exact) mass is 381 g/mol. The maximum absolute atomic E-state index is 13.7. The minimum atomic E-state index is -0.277. The van der Waals surface area contributed by atoms with Gasteiger partial charge in [-0.1, -0.05) is 36.4 Å². The Morgan fingerprint density at radius 3 is 2.21 bits per heavy atom. The van der Waals surface area contributed by atoms with E-state index in [4.69, 9.17) is 14.2 Å². The van der Waals surface area contributed by atoms with Crippen molar-refractivity contribution >= 4 is 0 Å². The number of hydrogen-bond donors (Lipinski definition) is 1. The van der Waals surface area contributed by atoms with Gasteiger partial charge in [-0.25, -0.2) is 4.39 Å². The summed E-state index contributed by atoms with van der Waals surface area (Å²) in [6.45, 7) is 1.59. The van der Waals surface area contributed by atoms with Crippen molar-refractivity contribution in [3.8, 4) is 17.2 Å². The van der Waals surface area contributed by atoms with E-state index in [2.05, 4.69) is 5.32 Å². The first-order valence-corrected chi connectivity index (χ1v) is 9.06. The molecule has 0 atom stereocenters. The molecule has 0 fully saturated rings. The summed E-state index contributed by atoms with van der Waals surface area (Å²) in [4.78, 5) is 0. The summed E-state index contributed by atoms with van der Waals surface area (Å²) in [6, 6.07) is 20.3. The standard InChI is InChI=1S/C23H24FNO3/c1-26-20-10-7-17(8-11-20)14-25-15-18-9-12-22(23(13-18)27-2)28-16-19-5-3-4-6-21(19)24/h3-13,25H,14-16H2,1-2H3. The summed E-state index contributed by atoms with van der Waals surface area (Å²) >= 11 is 0. The fraction of sp³-hybridized carbons (Fsp3) is 0.217. The Balaban J connectivity index is 1.56. The van der Waals surface area contributed by atoms with Gasteiger partial charge < -0.3 is 19.5 Å². The maximum Gasteiger partial charge on any atom is 0.161 e. The second-order valence-corrected chi connectivity index (χ2v) is 6.32. The van der Waals surface area contributed by atoms with E-state index in [1.807, 2.05) is 42.5 Å². The summed E-state index contributed by atoms with van der Waals surface area (Å²) in [5.41, 5.74) is 2.76. The van der Waals surface area contributed by atoms with Crippen LogP contribution in [0, 0.1) is 5.82 Å². The third-order valence-electron chi connectivity index (χ3n) is 4.39. The molecule has 0 saturated heterocycles. The minimum absolute atomic E-state index is 0.151. The van der Waals surface area contributed by atoms with Crippen molar-refractivity contribution in [1.29, 1.82) is 0 Å². The topological polar surface area (TPSA) is 39.7 Å². The molecule has 0 aromatic heterocycles. The Morgan fingerprint density at radius 2 is 1.50 bits per heavy atom. The van der Waals surface area contributed by atoms with Gasteiger partial charge in [0, 0.05) is 18.7 Å². The SMILES string of the molecule is COc1ccc(CNCc2ccc(OCc3ccccc3F)c(OC)c2)cc1. The molecule has 3 aromatic rings. The smallest absolute Gasteiger partial charge is 0.161 e. The van der Waals surface area contributed by atoms with Gasteiger partial charge in [0.2, 0.25) is 0 Å². The van der Waals surface area contributed by atoms with Crippen molar-refractivity contribution in [2.75, 3.05) is 14.2 Å². The van der Waals surface area contributed by atoms with Crippen LogP contribution < -0.4 is 19.5 Å². The first-order valence-electron chi connectivity index (χ1n) is 9.06. The van der Waals surface area contributed by atoms with Gasteiger partial charge >= 0.3 is 0 Å². The average molecular weight is 381 g/mol. The van der Waals surface area contributed by atoms with Crippen LogP contribution in [-0.2, 0) is 19.7 Å². The number of benzene rings is 3. The van der Waals surface area contributed by atoms with Crippen LogP contribution in [0.4, 0.5) is 4.39 Å². The number of nitrogens with one attached hydrogen (secondary N) is 1. The molecule has 0 radical (unpaired) electrons. The van der Waals surface area contributed by atoms with E-state index >= 15 is 0 Å². The van der Waals surface area contributed by atoms with Crippen LogP contribution in [0.2, 0.25) is 0 Å². The van der Waals surface area contributed by atoms with Gasteiger partial charge in [-0.05, 0) is 41.5 Å². The third kappa shape index (κ3) is 5.24. The van der Waals surface area contributed by atoms with Crippen LogP contribution in [-0.4, -0.2) is 14.2 Å². The highest BCUT2D eigenvalue weighted by Crippen LogP contribution is 2.29. The van der Waals surface area contributed by atoms with Crippen LogP contribution in [0.3, 0.4) is 0 Å². The van der Waals surface area contributed by atoms with Gasteiger partial charge in [-0.2, -0.15) is 0 Å². The summed E-state index contributed by atoms with van der Waals surface area (Å²) in [5.74, 6) is 1.78. The Hall–Kier alpha value is -3.05. The molecule has 146 valence electrons. The zero-order valence-corrected chi connectivity index (χ0v) is 16.1. The van der Waals surface area contributed by atoms with Gasteiger partial charge in [0.15, 0.2) is 11.5 Å². The van der Waals surface area contributed by atoms with Gasteiger partial charge in [0.25, 0.3) is 0 Å². The summed E-state index contributed by atoms with van der Waals surface area (Å²) in [6.07, 6.45) is 0. The molecular weight excluding hydrogens is 357 g/mol. The van der Waals surface area contributed by atoms with Crippen LogP contribution >= 0.6 is 0 Å². The molecule has 5 heteroatoms. The number of hydrogen-bond acceptors (Lipinski definition) is 4. The second-order valence-electron chi connectivity index (χ2n) is 6.32. The van der Waals surface area contributed by atoms with E-state index in [1.54, 1.807) is 32.4 Å². The fourth-order valence-electron chi connectivity index (χ4n) is 2.81. The van der Waals surface area contributed by atoms with Crippen molar-refractivity contribution in [2.45, 2.75) is 19.7 Å². The van der Waals surface area contributed by atoms with E-state index in [-0.39, 0.29) is 12.4 Å². The first-order chi connectivity index (χ1) is 13.7. The molecule has 0 aliphatic heterocycles. The van der Waals surface area contributed by atoms with E-state index in [1.165, 1.54) is 11.6 Å². The number of ether oxygens (including phenoxy) is 3. The summed E-state index contributed by atoms with van der Waals surface area (Å²) in [7, 11) is 3.25. The Labute approximate surface area is 164 Å². The molecule has 3 aromatic carbocycles. The van der Waals surface area contributed by atoms with Crippen LogP contribution in [0.15, 0.2) is 66.7 Å². The maximum atomic E-state index is 13.7. The zero-order chi connectivity index (χ0) is 19.8. The fourth-order valence-corrected chi connectivity index (χ4v) is 2.81. The predicted octanol–water partition coefficient (Wildman–Crippen LogP) is 4.71.